The van der Waals surface area contributed by atoms with Crippen LogP contribution in [0.15, 0.2) is 48.7 Å². The summed E-state index contributed by atoms with van der Waals surface area (Å²) in [4.78, 5) is 3.64. The molecule has 5 N–H and O–H groups in total. The van der Waals surface area contributed by atoms with E-state index in [1.807, 2.05) is 48.7 Å². The van der Waals surface area contributed by atoms with Gasteiger partial charge in [-0.2, -0.15) is 0 Å². The van der Waals surface area contributed by atoms with Crippen molar-refractivity contribution in [2.24, 2.45) is 11.5 Å². The van der Waals surface area contributed by atoms with Crippen LogP contribution in [0.1, 0.15) is 5.56 Å². The average Bonchev–Trinajstić information content (AvgIpc) is 3.11. The first-order valence-electron chi connectivity index (χ1n) is 8.11. The number of H-pyrrole nitrogens is 1. The largest absolute Gasteiger partial charge is 0.489 e. The van der Waals surface area contributed by atoms with Crippen LogP contribution in [0.3, 0.4) is 0 Å². The Kier molecular flexibility index (Phi) is 5.65. The Morgan fingerprint density at radius 2 is 1.96 bits per heavy atom. The zero-order valence-electron chi connectivity index (χ0n) is 13.8. The van der Waals surface area contributed by atoms with E-state index in [0.29, 0.717) is 31.4 Å². The highest BCUT2D eigenvalue weighted by molar-refractivity contribution is 7.80. The van der Waals surface area contributed by atoms with Crippen molar-refractivity contribution < 1.29 is 9.47 Å². The summed E-state index contributed by atoms with van der Waals surface area (Å²) < 4.78 is 11.2. The van der Waals surface area contributed by atoms with Gasteiger partial charge < -0.3 is 25.9 Å². The second kappa shape index (κ2) is 8.11. The summed E-state index contributed by atoms with van der Waals surface area (Å²) in [5, 5.41) is 1.08. The number of aromatic amines is 1. The highest BCUT2D eigenvalue weighted by Crippen LogP contribution is 2.34. The first kappa shape index (κ1) is 17.4. The molecule has 25 heavy (non-hydrogen) atoms. The first-order chi connectivity index (χ1) is 12.2. The molecule has 0 aliphatic carbocycles. The van der Waals surface area contributed by atoms with Gasteiger partial charge in [0, 0.05) is 23.7 Å². The van der Waals surface area contributed by atoms with Crippen molar-refractivity contribution in [3.05, 3.63) is 54.2 Å². The predicted octanol–water partition coefficient (Wildman–Crippen LogP) is 2.82. The number of fused-ring (bicyclic) bond motifs is 1. The molecule has 130 valence electrons. The van der Waals surface area contributed by atoms with Crippen LogP contribution in [0.5, 0.6) is 5.75 Å². The third-order valence-corrected chi connectivity index (χ3v) is 4.13. The molecule has 1 heterocycles. The predicted molar refractivity (Wildman–Crippen MR) is 105 cm³/mol. The molecular weight excluding hydrogens is 334 g/mol. The molecule has 3 aromatic rings. The Balaban J connectivity index is 1.87. The maximum atomic E-state index is 5.84. The van der Waals surface area contributed by atoms with Gasteiger partial charge in [0.25, 0.3) is 0 Å². The minimum atomic E-state index is 0.393. The SMILES string of the molecule is NCCOCCOc1ccc(-c2cccc(C(N)=S)c2)c2cc[nH]c12. The molecule has 0 bridgehead atoms. The third kappa shape index (κ3) is 3.99. The molecule has 3 rings (SSSR count). The molecule has 0 atom stereocenters. The fourth-order valence-corrected chi connectivity index (χ4v) is 2.86. The van der Waals surface area contributed by atoms with Crippen LogP contribution >= 0.6 is 12.2 Å². The molecule has 0 saturated heterocycles. The molecule has 5 nitrogen and oxygen atoms in total. The molecule has 1 aromatic heterocycles. The number of ether oxygens (including phenoxy) is 2. The van der Waals surface area contributed by atoms with Gasteiger partial charge in [0.05, 0.1) is 18.7 Å². The van der Waals surface area contributed by atoms with E-state index in [-0.39, 0.29) is 0 Å². The second-order valence-electron chi connectivity index (χ2n) is 5.57. The van der Waals surface area contributed by atoms with Gasteiger partial charge in [-0.3, -0.25) is 0 Å². The average molecular weight is 355 g/mol. The smallest absolute Gasteiger partial charge is 0.143 e. The molecule has 6 heteroatoms. The Bertz CT molecular complexity index is 876. The van der Waals surface area contributed by atoms with E-state index in [2.05, 4.69) is 4.98 Å². The van der Waals surface area contributed by atoms with Crippen LogP contribution < -0.4 is 16.2 Å². The molecule has 2 aromatic carbocycles. The summed E-state index contributed by atoms with van der Waals surface area (Å²) in [5.74, 6) is 0.797. The molecule has 0 unspecified atom stereocenters. The molecule has 0 saturated carbocycles. The monoisotopic (exact) mass is 355 g/mol. The van der Waals surface area contributed by atoms with Gasteiger partial charge in [-0.1, -0.05) is 30.4 Å². The fourth-order valence-electron chi connectivity index (χ4n) is 2.74. The van der Waals surface area contributed by atoms with Crippen molar-refractivity contribution in [1.82, 2.24) is 4.98 Å². The summed E-state index contributed by atoms with van der Waals surface area (Å²) in [6.45, 7) is 2.04. The van der Waals surface area contributed by atoms with Crippen molar-refractivity contribution in [1.29, 1.82) is 0 Å². The van der Waals surface area contributed by atoms with Gasteiger partial charge in [-0.25, -0.2) is 0 Å². The van der Waals surface area contributed by atoms with Crippen LogP contribution in [0.2, 0.25) is 0 Å². The van der Waals surface area contributed by atoms with Crippen LogP contribution in [0.4, 0.5) is 0 Å². The number of nitrogens with one attached hydrogen (secondary N) is 1. The van der Waals surface area contributed by atoms with E-state index >= 15 is 0 Å². The topological polar surface area (TPSA) is 86.3 Å². The van der Waals surface area contributed by atoms with E-state index in [0.717, 1.165) is 33.3 Å². The van der Waals surface area contributed by atoms with Crippen molar-refractivity contribution in [3.8, 4) is 16.9 Å². The van der Waals surface area contributed by atoms with E-state index in [9.17, 15) is 0 Å². The molecule has 0 aliphatic heterocycles. The molecular formula is C19H21N3O2S. The van der Waals surface area contributed by atoms with Crippen LogP contribution in [0.25, 0.3) is 22.0 Å². The Labute approximate surface area is 151 Å². The van der Waals surface area contributed by atoms with Gasteiger partial charge >= 0.3 is 0 Å². The zero-order chi connectivity index (χ0) is 17.6. The maximum absolute atomic E-state index is 5.84. The van der Waals surface area contributed by atoms with Gasteiger partial charge in [0.15, 0.2) is 0 Å². The number of hydrogen-bond donors (Lipinski definition) is 3. The van der Waals surface area contributed by atoms with Gasteiger partial charge in [-0.05, 0) is 35.4 Å². The standard InChI is InChI=1S/C19H21N3O2S/c20-7-9-23-10-11-24-17-5-4-15(16-6-8-22-18(16)17)13-2-1-3-14(12-13)19(21)25/h1-6,8,12,22H,7,9-11,20H2,(H2,21,25). The summed E-state index contributed by atoms with van der Waals surface area (Å²) in [7, 11) is 0. The van der Waals surface area contributed by atoms with Gasteiger partial charge in [0.1, 0.15) is 17.3 Å². The number of hydrogen-bond acceptors (Lipinski definition) is 4. The van der Waals surface area contributed by atoms with E-state index in [4.69, 9.17) is 33.2 Å². The van der Waals surface area contributed by atoms with E-state index < -0.39 is 0 Å². The minimum absolute atomic E-state index is 0.393. The van der Waals surface area contributed by atoms with E-state index in [1.165, 1.54) is 0 Å². The van der Waals surface area contributed by atoms with Crippen LogP contribution in [-0.4, -0.2) is 36.3 Å². The summed E-state index contributed by atoms with van der Waals surface area (Å²) >= 11 is 5.08. The maximum Gasteiger partial charge on any atom is 0.143 e. The lowest BCUT2D eigenvalue weighted by atomic mass is 9.99. The van der Waals surface area contributed by atoms with Crippen molar-refractivity contribution in [3.63, 3.8) is 0 Å². The summed E-state index contributed by atoms with van der Waals surface area (Å²) in [6.07, 6.45) is 1.91. The third-order valence-electron chi connectivity index (χ3n) is 3.89. The number of nitrogens with two attached hydrogens (primary N) is 2. The van der Waals surface area contributed by atoms with Crippen molar-refractivity contribution in [2.45, 2.75) is 0 Å². The minimum Gasteiger partial charge on any atom is -0.489 e. The number of rotatable bonds is 8. The highest BCUT2D eigenvalue weighted by Gasteiger charge is 2.10. The van der Waals surface area contributed by atoms with Crippen molar-refractivity contribution in [2.75, 3.05) is 26.4 Å². The van der Waals surface area contributed by atoms with Crippen LogP contribution in [0, 0.1) is 0 Å². The highest BCUT2D eigenvalue weighted by atomic mass is 32.1. The number of thiocarbonyl (C=S) groups is 1. The first-order valence-corrected chi connectivity index (χ1v) is 8.52. The Morgan fingerprint density at radius 1 is 1.08 bits per heavy atom. The summed E-state index contributed by atoms with van der Waals surface area (Å²) in [5.41, 5.74) is 15.1. The van der Waals surface area contributed by atoms with Crippen LogP contribution in [-0.2, 0) is 4.74 Å². The quantitative estimate of drug-likeness (QED) is 0.427. The normalized spacial score (nSPS) is 10.9. The molecule has 0 amide bonds. The van der Waals surface area contributed by atoms with Crippen molar-refractivity contribution >= 4 is 28.1 Å². The zero-order valence-corrected chi connectivity index (χ0v) is 14.6. The lowest BCUT2D eigenvalue weighted by Gasteiger charge is -2.11. The number of benzene rings is 2. The molecule has 0 radical (unpaired) electrons. The molecule has 0 fully saturated rings. The fraction of sp³-hybridized carbons (Fsp3) is 0.211. The summed E-state index contributed by atoms with van der Waals surface area (Å²) in [6, 6.07) is 14.0. The Hall–Kier alpha value is -2.41. The lowest BCUT2D eigenvalue weighted by molar-refractivity contribution is 0.106. The lowest BCUT2D eigenvalue weighted by Crippen LogP contribution is -2.13. The second-order valence-corrected chi connectivity index (χ2v) is 6.01. The number of aromatic nitrogens is 1. The molecule has 0 aliphatic rings. The van der Waals surface area contributed by atoms with Gasteiger partial charge in [0.2, 0.25) is 0 Å². The molecule has 0 spiro atoms. The van der Waals surface area contributed by atoms with Gasteiger partial charge in [-0.15, -0.1) is 0 Å². The Morgan fingerprint density at radius 3 is 2.76 bits per heavy atom. The van der Waals surface area contributed by atoms with E-state index in [1.54, 1.807) is 0 Å².